The number of methoxy groups -OCH3 is 3. The number of dihydropyridines is 1. The SMILES string of the molecule is COC(=O)C1=C(C)NC2=C(C(=O)C(C(=O)OC)C(c3ccc(OC)cc3)C2)C1c1ccccc1F. The van der Waals surface area contributed by atoms with Gasteiger partial charge in [-0.2, -0.15) is 0 Å². The first-order chi connectivity index (χ1) is 16.8. The number of carbonyl (C=O) groups excluding carboxylic acids is 3. The third kappa shape index (κ3) is 4.20. The van der Waals surface area contributed by atoms with Crippen LogP contribution in [0.1, 0.15) is 36.3 Å². The number of hydrogen-bond donors (Lipinski definition) is 1. The summed E-state index contributed by atoms with van der Waals surface area (Å²) >= 11 is 0. The van der Waals surface area contributed by atoms with Gasteiger partial charge in [-0.25, -0.2) is 9.18 Å². The predicted molar refractivity (Wildman–Crippen MR) is 125 cm³/mol. The van der Waals surface area contributed by atoms with Crippen molar-refractivity contribution in [2.75, 3.05) is 21.3 Å². The zero-order chi connectivity index (χ0) is 25.3. The standard InChI is InChI=1S/C27H26FNO6/c1-14-21(26(31)34-3)22(17-7-5-6-8-19(17)28)24-20(29-14)13-18(23(25(24)30)27(32)35-4)15-9-11-16(33-2)12-10-15/h5-12,18,22-23,29H,13H2,1-4H3. The highest BCUT2D eigenvalue weighted by Gasteiger charge is 2.49. The summed E-state index contributed by atoms with van der Waals surface area (Å²) in [5, 5.41) is 3.17. The van der Waals surface area contributed by atoms with E-state index in [0.717, 1.165) is 5.56 Å². The van der Waals surface area contributed by atoms with Gasteiger partial charge in [0.1, 0.15) is 17.5 Å². The highest BCUT2D eigenvalue weighted by Crippen LogP contribution is 2.48. The van der Waals surface area contributed by atoms with Crippen molar-refractivity contribution in [2.24, 2.45) is 5.92 Å². The number of ether oxygens (including phenoxy) is 3. The minimum atomic E-state index is -1.17. The van der Waals surface area contributed by atoms with Crippen LogP contribution in [0.5, 0.6) is 5.75 Å². The fraction of sp³-hybridized carbons (Fsp3) is 0.296. The number of allylic oxidation sites excluding steroid dienone is 3. The summed E-state index contributed by atoms with van der Waals surface area (Å²) in [7, 11) is 4.00. The average molecular weight is 480 g/mol. The lowest BCUT2D eigenvalue weighted by atomic mass is 9.67. The van der Waals surface area contributed by atoms with Gasteiger partial charge in [0, 0.05) is 28.4 Å². The second-order valence-corrected chi connectivity index (χ2v) is 8.45. The molecule has 1 aliphatic carbocycles. The highest BCUT2D eigenvalue weighted by atomic mass is 19.1. The van der Waals surface area contributed by atoms with Gasteiger partial charge in [-0.15, -0.1) is 0 Å². The van der Waals surface area contributed by atoms with Gasteiger partial charge >= 0.3 is 11.9 Å². The zero-order valence-corrected chi connectivity index (χ0v) is 19.9. The first-order valence-electron chi connectivity index (χ1n) is 11.1. The molecule has 0 radical (unpaired) electrons. The maximum atomic E-state index is 15.0. The van der Waals surface area contributed by atoms with E-state index in [-0.39, 0.29) is 23.1 Å². The van der Waals surface area contributed by atoms with Crippen LogP contribution in [0.2, 0.25) is 0 Å². The Balaban J connectivity index is 1.90. The molecule has 0 aromatic heterocycles. The van der Waals surface area contributed by atoms with Crippen LogP contribution in [-0.2, 0) is 23.9 Å². The molecule has 0 saturated carbocycles. The Morgan fingerprint density at radius 2 is 1.69 bits per heavy atom. The summed E-state index contributed by atoms with van der Waals surface area (Å²) < 4.78 is 30.2. The van der Waals surface area contributed by atoms with Crippen LogP contribution in [0.15, 0.2) is 71.1 Å². The molecule has 7 nitrogen and oxygen atoms in total. The van der Waals surface area contributed by atoms with Crippen LogP contribution >= 0.6 is 0 Å². The number of Topliss-reactive ketones (excluding diaryl/α,β-unsaturated/α-hetero) is 1. The molecule has 0 fully saturated rings. The molecule has 3 atom stereocenters. The van der Waals surface area contributed by atoms with Crippen LogP contribution < -0.4 is 10.1 Å². The van der Waals surface area contributed by atoms with Crippen molar-refractivity contribution in [3.05, 3.63) is 88.0 Å². The van der Waals surface area contributed by atoms with Gasteiger partial charge in [0.2, 0.25) is 0 Å². The smallest absolute Gasteiger partial charge is 0.336 e. The van der Waals surface area contributed by atoms with E-state index in [1.54, 1.807) is 44.4 Å². The maximum Gasteiger partial charge on any atom is 0.336 e. The molecule has 3 unspecified atom stereocenters. The molecule has 1 heterocycles. The first kappa shape index (κ1) is 24.2. The maximum absolute atomic E-state index is 15.0. The van der Waals surface area contributed by atoms with Crippen LogP contribution in [0.3, 0.4) is 0 Å². The van der Waals surface area contributed by atoms with Gasteiger partial charge in [-0.1, -0.05) is 30.3 Å². The van der Waals surface area contributed by atoms with E-state index < -0.39 is 41.3 Å². The molecular weight excluding hydrogens is 453 g/mol. The van der Waals surface area contributed by atoms with Crippen LogP contribution in [0.25, 0.3) is 0 Å². The fourth-order valence-electron chi connectivity index (χ4n) is 5.00. The average Bonchev–Trinajstić information content (AvgIpc) is 2.87. The van der Waals surface area contributed by atoms with Crippen LogP contribution in [0, 0.1) is 11.7 Å². The van der Waals surface area contributed by atoms with Gasteiger partial charge < -0.3 is 19.5 Å². The summed E-state index contributed by atoms with van der Waals surface area (Å²) in [6.07, 6.45) is 0.282. The number of ketones is 1. The van der Waals surface area contributed by atoms with E-state index in [1.165, 1.54) is 32.4 Å². The number of nitrogens with one attached hydrogen (secondary N) is 1. The predicted octanol–water partition coefficient (Wildman–Crippen LogP) is 3.77. The Labute approximate surface area is 202 Å². The number of carbonyl (C=O) groups is 3. The lowest BCUT2D eigenvalue weighted by Crippen LogP contribution is -2.43. The van der Waals surface area contributed by atoms with Crippen LogP contribution in [0.4, 0.5) is 4.39 Å². The van der Waals surface area contributed by atoms with Gasteiger partial charge in [-0.3, -0.25) is 9.59 Å². The van der Waals surface area contributed by atoms with Crippen molar-refractivity contribution < 1.29 is 33.0 Å². The zero-order valence-electron chi connectivity index (χ0n) is 19.9. The minimum Gasteiger partial charge on any atom is -0.497 e. The van der Waals surface area contributed by atoms with Crippen molar-refractivity contribution in [2.45, 2.75) is 25.2 Å². The van der Waals surface area contributed by atoms with E-state index in [9.17, 15) is 14.4 Å². The third-order valence-corrected chi connectivity index (χ3v) is 6.64. The molecule has 1 N–H and O–H groups in total. The second-order valence-electron chi connectivity index (χ2n) is 8.45. The number of esters is 2. The fourth-order valence-corrected chi connectivity index (χ4v) is 5.00. The quantitative estimate of drug-likeness (QED) is 0.516. The van der Waals surface area contributed by atoms with Crippen molar-refractivity contribution in [1.82, 2.24) is 5.32 Å². The summed E-state index contributed by atoms with van der Waals surface area (Å²) in [5.41, 5.74) is 2.19. The Kier molecular flexibility index (Phi) is 6.73. The van der Waals surface area contributed by atoms with Crippen molar-refractivity contribution in [3.8, 4) is 5.75 Å². The number of hydrogen-bond acceptors (Lipinski definition) is 7. The topological polar surface area (TPSA) is 90.9 Å². The van der Waals surface area contributed by atoms with Gasteiger partial charge in [-0.05, 0) is 37.1 Å². The third-order valence-electron chi connectivity index (χ3n) is 6.64. The summed E-state index contributed by atoms with van der Waals surface area (Å²) in [6, 6.07) is 13.1. The van der Waals surface area contributed by atoms with E-state index in [0.29, 0.717) is 17.1 Å². The normalized spacial score (nSPS) is 21.7. The van der Waals surface area contributed by atoms with E-state index in [4.69, 9.17) is 14.2 Å². The van der Waals surface area contributed by atoms with Gasteiger partial charge in [0.05, 0.1) is 32.8 Å². The molecule has 2 aromatic carbocycles. The number of benzene rings is 2. The Morgan fingerprint density at radius 1 is 1.00 bits per heavy atom. The lowest BCUT2D eigenvalue weighted by molar-refractivity contribution is -0.150. The number of rotatable bonds is 5. The Hall–Kier alpha value is -3.94. The Bertz CT molecular complexity index is 1250. The molecule has 0 saturated heterocycles. The largest absolute Gasteiger partial charge is 0.497 e. The molecule has 1 aliphatic heterocycles. The highest BCUT2D eigenvalue weighted by molar-refractivity contribution is 6.13. The molecule has 182 valence electrons. The van der Waals surface area contributed by atoms with Crippen molar-refractivity contribution in [3.63, 3.8) is 0 Å². The molecule has 4 rings (SSSR count). The number of halogens is 1. The molecule has 2 aliphatic rings. The monoisotopic (exact) mass is 479 g/mol. The van der Waals surface area contributed by atoms with Gasteiger partial charge in [0.15, 0.2) is 5.78 Å². The van der Waals surface area contributed by atoms with E-state index >= 15 is 4.39 Å². The molecule has 0 bridgehead atoms. The molecule has 2 aromatic rings. The Morgan fingerprint density at radius 3 is 2.29 bits per heavy atom. The van der Waals surface area contributed by atoms with Crippen LogP contribution in [-0.4, -0.2) is 39.1 Å². The summed E-state index contributed by atoms with van der Waals surface area (Å²) in [6.45, 7) is 1.68. The van der Waals surface area contributed by atoms with E-state index in [2.05, 4.69) is 5.32 Å². The lowest BCUT2D eigenvalue weighted by Gasteiger charge is -2.39. The first-order valence-corrected chi connectivity index (χ1v) is 11.1. The minimum absolute atomic E-state index is 0.121. The molecule has 8 heteroatoms. The molecule has 35 heavy (non-hydrogen) atoms. The molecule has 0 spiro atoms. The van der Waals surface area contributed by atoms with Crippen molar-refractivity contribution >= 4 is 17.7 Å². The summed E-state index contributed by atoms with van der Waals surface area (Å²) in [5.74, 6) is -4.55. The molecule has 0 amide bonds. The summed E-state index contributed by atoms with van der Waals surface area (Å²) in [4.78, 5) is 39.7. The van der Waals surface area contributed by atoms with E-state index in [1.807, 2.05) is 0 Å². The molecular formula is C27H26FNO6. The van der Waals surface area contributed by atoms with Crippen molar-refractivity contribution in [1.29, 1.82) is 0 Å². The van der Waals surface area contributed by atoms with Gasteiger partial charge in [0.25, 0.3) is 0 Å². The second kappa shape index (κ2) is 9.74.